The summed E-state index contributed by atoms with van der Waals surface area (Å²) in [5.74, 6) is 13.1. The molecule has 9 nitrogen and oxygen atoms in total. The van der Waals surface area contributed by atoms with Gasteiger partial charge in [0.05, 0.1) is 29.3 Å². The van der Waals surface area contributed by atoms with Gasteiger partial charge in [0, 0.05) is 58.8 Å². The van der Waals surface area contributed by atoms with E-state index in [1.165, 1.54) is 35.6 Å². The summed E-state index contributed by atoms with van der Waals surface area (Å²) in [6, 6.07) is 6.11. The van der Waals surface area contributed by atoms with Gasteiger partial charge in [-0.1, -0.05) is 23.7 Å². The van der Waals surface area contributed by atoms with Crippen molar-refractivity contribution in [3.63, 3.8) is 0 Å². The highest BCUT2D eigenvalue weighted by molar-refractivity contribution is 6.01. The lowest BCUT2D eigenvalue weighted by Gasteiger charge is -2.27. The van der Waals surface area contributed by atoms with Crippen molar-refractivity contribution in [1.82, 2.24) is 24.8 Å². The third-order valence-electron chi connectivity index (χ3n) is 7.22. The Bertz CT molecular complexity index is 2250. The van der Waals surface area contributed by atoms with Crippen LogP contribution in [-0.2, 0) is 6.54 Å². The first-order valence-corrected chi connectivity index (χ1v) is 13.6. The molecule has 5 aromatic rings. The Kier molecular flexibility index (Phi) is 7.82. The monoisotopic (exact) mass is 615 g/mol. The van der Waals surface area contributed by atoms with E-state index in [0.717, 1.165) is 18.2 Å². The molecule has 4 heterocycles. The molecule has 1 atom stereocenters. The predicted molar refractivity (Wildman–Crippen MR) is 162 cm³/mol. The van der Waals surface area contributed by atoms with Crippen molar-refractivity contribution in [2.24, 2.45) is 5.73 Å². The molecule has 6 rings (SSSR count). The zero-order chi connectivity index (χ0) is 32.4. The van der Waals surface area contributed by atoms with Crippen LogP contribution in [0.1, 0.15) is 61.0 Å². The zero-order valence-electron chi connectivity index (χ0n) is 23.7. The van der Waals surface area contributed by atoms with Crippen molar-refractivity contribution < 1.29 is 22.8 Å². The molecule has 0 saturated heterocycles. The number of rotatable bonds is 4. The number of nitrogen functional groups attached to an aromatic ring is 1. The molecule has 0 spiro atoms. The average Bonchev–Trinajstić information content (AvgIpc) is 3.65. The van der Waals surface area contributed by atoms with Gasteiger partial charge < -0.3 is 21.4 Å². The van der Waals surface area contributed by atoms with Crippen LogP contribution in [0, 0.1) is 53.0 Å². The smallest absolute Gasteiger partial charge is 0.255 e. The molecule has 0 radical (unpaired) electrons. The van der Waals surface area contributed by atoms with Crippen LogP contribution in [-0.4, -0.2) is 36.7 Å². The highest BCUT2D eigenvalue weighted by Gasteiger charge is 2.36. The van der Waals surface area contributed by atoms with Crippen LogP contribution in [0.5, 0.6) is 0 Å². The fourth-order valence-corrected chi connectivity index (χ4v) is 5.03. The van der Waals surface area contributed by atoms with E-state index in [9.17, 15) is 14.0 Å². The number of nitrogens with zero attached hydrogens (tertiary/aromatic N) is 4. The van der Waals surface area contributed by atoms with Crippen LogP contribution in [0.3, 0.4) is 0 Å². The summed E-state index contributed by atoms with van der Waals surface area (Å²) in [4.78, 5) is 41.6. The Morgan fingerprint density at radius 3 is 2.52 bits per heavy atom. The third-order valence-corrected chi connectivity index (χ3v) is 7.22. The molecular weight excluding hydrogens is 595 g/mol. The maximum absolute atomic E-state index is 15.3. The number of benzene rings is 2. The lowest BCUT2D eigenvalue weighted by molar-refractivity contribution is 0.0700. The van der Waals surface area contributed by atoms with Crippen molar-refractivity contribution in [3.05, 3.63) is 118 Å². The van der Waals surface area contributed by atoms with Crippen molar-refractivity contribution in [3.8, 4) is 35.5 Å². The summed E-state index contributed by atoms with van der Waals surface area (Å²) in [6.07, 6.45) is 5.59. The Morgan fingerprint density at radius 1 is 0.957 bits per heavy atom. The molecule has 0 aliphatic carbocycles. The van der Waals surface area contributed by atoms with Crippen molar-refractivity contribution in [2.45, 2.75) is 19.0 Å². The molecule has 0 saturated carbocycles. The Balaban J connectivity index is 1.32. The molecule has 2 amide bonds. The summed E-state index contributed by atoms with van der Waals surface area (Å²) in [6.45, 7) is -0.210. The van der Waals surface area contributed by atoms with E-state index >= 15 is 8.78 Å². The summed E-state index contributed by atoms with van der Waals surface area (Å²) in [5, 5.41) is 0.568. The number of primary amides is 1. The van der Waals surface area contributed by atoms with E-state index in [-0.39, 0.29) is 46.7 Å². The number of halogens is 3. The predicted octanol–water partition coefficient (Wildman–Crippen LogP) is 3.99. The number of aromatic amines is 1. The van der Waals surface area contributed by atoms with Gasteiger partial charge in [0.25, 0.3) is 11.8 Å². The Labute approximate surface area is 259 Å². The quantitative estimate of drug-likeness (QED) is 0.261. The van der Waals surface area contributed by atoms with Crippen molar-refractivity contribution >= 4 is 28.8 Å². The first-order valence-electron chi connectivity index (χ1n) is 13.6. The number of hydrogen-bond acceptors (Lipinski definition) is 6. The number of nitrogens with two attached hydrogens (primary N) is 2. The summed E-state index contributed by atoms with van der Waals surface area (Å²) < 4.78 is 44.6. The highest BCUT2D eigenvalue weighted by Crippen LogP contribution is 2.36. The number of carbonyl (C=O) groups is 2. The molecule has 2 aromatic carbocycles. The molecule has 0 fully saturated rings. The summed E-state index contributed by atoms with van der Waals surface area (Å²) >= 11 is 0. The normalized spacial score (nSPS) is 12.3. The number of anilines is 1. The standard InChI is InChI=1S/C34H20F3N7O2/c35-21-8-9-28(36)25(14-21)30(5-3-1-2-4-22-23-10-11-40-32(23)41-17-26(22)31(38)45)44-18-27-24(33(44)46)12-19(13-29(27)37)6-7-20-15-42-34(39)43-16-20/h8-17,30H,5,18H2,(H2,38,45)(H,40,41)(H2,39,42,43). The SMILES string of the molecule is NC(=O)c1cnc2[nH]ccc2c1C#CC#CCC(c1cc(F)ccc1F)N1Cc2c(F)cc(C#Cc3cnc(N)nc3)cc2C1=O. The van der Waals surface area contributed by atoms with Crippen LogP contribution < -0.4 is 11.5 Å². The number of nitrogens with one attached hydrogen (secondary N) is 1. The minimum absolute atomic E-state index is 0.0413. The highest BCUT2D eigenvalue weighted by atomic mass is 19.1. The van der Waals surface area contributed by atoms with Crippen LogP contribution in [0.4, 0.5) is 19.1 Å². The Hall–Kier alpha value is -6.58. The number of pyridine rings is 1. The van der Waals surface area contributed by atoms with Crippen LogP contribution in [0.15, 0.2) is 61.2 Å². The van der Waals surface area contributed by atoms with Gasteiger partial charge in [0.15, 0.2) is 0 Å². The molecule has 12 heteroatoms. The van der Waals surface area contributed by atoms with Gasteiger partial charge >= 0.3 is 0 Å². The van der Waals surface area contributed by atoms with Gasteiger partial charge in [-0.05, 0) is 48.2 Å². The minimum Gasteiger partial charge on any atom is -0.368 e. The second-order valence-corrected chi connectivity index (χ2v) is 10.1. The van der Waals surface area contributed by atoms with Gasteiger partial charge in [0.1, 0.15) is 23.1 Å². The van der Waals surface area contributed by atoms with Gasteiger partial charge in [-0.25, -0.2) is 28.1 Å². The molecule has 1 unspecified atom stereocenters. The van der Waals surface area contributed by atoms with Crippen LogP contribution >= 0.6 is 0 Å². The van der Waals surface area contributed by atoms with Crippen molar-refractivity contribution in [1.29, 1.82) is 0 Å². The van der Waals surface area contributed by atoms with E-state index in [1.54, 1.807) is 12.3 Å². The summed E-state index contributed by atoms with van der Waals surface area (Å²) in [5.41, 5.74) is 12.5. The maximum atomic E-state index is 15.3. The van der Waals surface area contributed by atoms with E-state index in [1.807, 2.05) is 0 Å². The van der Waals surface area contributed by atoms with Crippen LogP contribution in [0.25, 0.3) is 11.0 Å². The fraction of sp³-hybridized carbons (Fsp3) is 0.0882. The van der Waals surface area contributed by atoms with Gasteiger partial charge in [-0.2, -0.15) is 0 Å². The van der Waals surface area contributed by atoms with E-state index in [2.05, 4.69) is 55.5 Å². The number of amides is 2. The van der Waals surface area contributed by atoms with Gasteiger partial charge in [-0.3, -0.25) is 9.59 Å². The molecule has 1 aliphatic rings. The third kappa shape index (κ3) is 5.81. The molecule has 46 heavy (non-hydrogen) atoms. The topological polar surface area (TPSA) is 144 Å². The fourth-order valence-electron chi connectivity index (χ4n) is 5.03. The largest absolute Gasteiger partial charge is 0.368 e. The molecule has 1 aliphatic heterocycles. The molecular formula is C34H20F3N7O2. The molecule has 0 bridgehead atoms. The van der Waals surface area contributed by atoms with E-state index in [4.69, 9.17) is 11.5 Å². The number of H-pyrrole nitrogens is 1. The van der Waals surface area contributed by atoms with Gasteiger partial charge in [0.2, 0.25) is 5.95 Å². The number of aromatic nitrogens is 4. The number of hydrogen-bond donors (Lipinski definition) is 3. The number of carbonyl (C=O) groups excluding carboxylic acids is 2. The van der Waals surface area contributed by atoms with Crippen molar-refractivity contribution in [2.75, 3.05) is 5.73 Å². The lowest BCUT2D eigenvalue weighted by atomic mass is 10.0. The zero-order valence-corrected chi connectivity index (χ0v) is 23.7. The maximum Gasteiger partial charge on any atom is 0.255 e. The lowest BCUT2D eigenvalue weighted by Crippen LogP contribution is -2.29. The molecule has 5 N–H and O–H groups in total. The van der Waals surface area contributed by atoms with Crippen LogP contribution in [0.2, 0.25) is 0 Å². The second kappa shape index (κ2) is 12.2. The number of fused-ring (bicyclic) bond motifs is 2. The van der Waals surface area contributed by atoms with Gasteiger partial charge in [-0.15, -0.1) is 0 Å². The molecule has 3 aromatic heterocycles. The minimum atomic E-state index is -1.09. The second-order valence-electron chi connectivity index (χ2n) is 10.1. The molecule has 224 valence electrons. The first-order chi connectivity index (χ1) is 22.2. The Morgan fingerprint density at radius 2 is 1.74 bits per heavy atom. The first kappa shape index (κ1) is 29.5. The van der Waals surface area contributed by atoms with E-state index in [0.29, 0.717) is 22.2 Å². The van der Waals surface area contributed by atoms with E-state index < -0.39 is 35.3 Å². The average molecular weight is 616 g/mol. The summed E-state index contributed by atoms with van der Waals surface area (Å²) in [7, 11) is 0.